The Morgan fingerprint density at radius 1 is 1.35 bits per heavy atom. The van der Waals surface area contributed by atoms with Crippen molar-refractivity contribution in [3.05, 3.63) is 31.5 Å². The maximum Gasteiger partial charge on any atom is 0.330 e. The van der Waals surface area contributed by atoms with E-state index in [1.807, 2.05) is 20.8 Å². The number of ether oxygens (including phenoxy) is 1. The van der Waals surface area contributed by atoms with Gasteiger partial charge in [0.2, 0.25) is 0 Å². The minimum Gasteiger partial charge on any atom is -0.457 e. The molecule has 0 saturated carbocycles. The molecule has 0 atom stereocenters. The van der Waals surface area contributed by atoms with Crippen LogP contribution in [0.4, 0.5) is 0 Å². The van der Waals surface area contributed by atoms with Gasteiger partial charge in [-0.05, 0) is 51.4 Å². The van der Waals surface area contributed by atoms with Crippen LogP contribution in [0.2, 0.25) is 0 Å². The summed E-state index contributed by atoms with van der Waals surface area (Å²) in [5.74, 6) is -0.351. The number of carbonyl (C=O) groups excluding carboxylic acids is 1. The highest BCUT2D eigenvalue weighted by molar-refractivity contribution is 7.06. The van der Waals surface area contributed by atoms with Gasteiger partial charge < -0.3 is 4.74 Å². The number of unbranched alkanes of at least 4 members (excludes halogenated alkanes) is 2. The van der Waals surface area contributed by atoms with E-state index in [-0.39, 0.29) is 15.7 Å². The van der Waals surface area contributed by atoms with E-state index in [2.05, 4.69) is 5.10 Å². The van der Waals surface area contributed by atoms with Crippen LogP contribution < -0.4 is 9.75 Å². The normalized spacial score (nSPS) is 11.9. The van der Waals surface area contributed by atoms with Crippen LogP contribution in [0.5, 0.6) is 0 Å². The molecule has 0 aliphatic heterocycles. The summed E-state index contributed by atoms with van der Waals surface area (Å²) in [5.41, 5.74) is -0.479. The van der Waals surface area contributed by atoms with E-state index in [1.54, 1.807) is 6.08 Å². The van der Waals surface area contributed by atoms with Crippen LogP contribution in [0.25, 0.3) is 0 Å². The van der Waals surface area contributed by atoms with Crippen molar-refractivity contribution in [3.8, 4) is 0 Å². The maximum absolute atomic E-state index is 11.4. The van der Waals surface area contributed by atoms with Gasteiger partial charge in [0, 0.05) is 12.6 Å². The van der Waals surface area contributed by atoms with E-state index in [9.17, 15) is 14.4 Å². The first-order chi connectivity index (χ1) is 9.28. The molecule has 1 aromatic rings. The third-order valence-electron chi connectivity index (χ3n) is 2.29. The van der Waals surface area contributed by atoms with Gasteiger partial charge in [0.1, 0.15) is 5.60 Å². The second-order valence-electron chi connectivity index (χ2n) is 5.35. The van der Waals surface area contributed by atoms with Gasteiger partial charge in [-0.25, -0.2) is 9.48 Å². The number of esters is 1. The molecule has 6 nitrogen and oxygen atoms in total. The van der Waals surface area contributed by atoms with Gasteiger partial charge in [-0.15, -0.1) is 0 Å². The van der Waals surface area contributed by atoms with E-state index >= 15 is 0 Å². The molecule has 0 fully saturated rings. The first kappa shape index (κ1) is 16.4. The van der Waals surface area contributed by atoms with E-state index in [0.717, 1.165) is 19.3 Å². The molecule has 1 N–H and O–H groups in total. The molecule has 1 rings (SSSR count). The fourth-order valence-electron chi connectivity index (χ4n) is 1.51. The molecule has 0 aliphatic rings. The summed E-state index contributed by atoms with van der Waals surface area (Å²) >= 11 is 0.668. The Balaban J connectivity index is 2.22. The molecule has 0 spiro atoms. The standard InChI is InChI=1S/C13H20N2O4S/c1-13(2,3)19-10(16)8-6-4-5-7-9-15-12(18)20-11(17)14-15/h6,8H,4-5,7,9H2,1-3H3,(H,14,17). The Morgan fingerprint density at radius 3 is 2.60 bits per heavy atom. The van der Waals surface area contributed by atoms with Crippen molar-refractivity contribution < 1.29 is 9.53 Å². The first-order valence-corrected chi connectivity index (χ1v) is 7.29. The largest absolute Gasteiger partial charge is 0.457 e. The Hall–Kier alpha value is -1.63. The number of hydrogen-bond acceptors (Lipinski definition) is 5. The van der Waals surface area contributed by atoms with Crippen LogP contribution in [0.3, 0.4) is 0 Å². The Kier molecular flexibility index (Phi) is 5.94. The number of carbonyl (C=O) groups is 1. The number of allylic oxidation sites excluding steroid dienone is 1. The van der Waals surface area contributed by atoms with E-state index in [0.29, 0.717) is 17.9 Å². The SMILES string of the molecule is CC(C)(C)OC(=O)C=CCCCCn1[nH]c(=O)sc1=O. The summed E-state index contributed by atoms with van der Waals surface area (Å²) in [7, 11) is 0. The highest BCUT2D eigenvalue weighted by atomic mass is 32.1. The number of aryl methyl sites for hydroxylation is 1. The molecular weight excluding hydrogens is 280 g/mol. The van der Waals surface area contributed by atoms with Crippen LogP contribution in [-0.2, 0) is 16.1 Å². The average molecular weight is 300 g/mol. The number of nitrogens with zero attached hydrogens (tertiary/aromatic N) is 1. The van der Waals surface area contributed by atoms with Gasteiger partial charge >= 0.3 is 15.7 Å². The minimum absolute atomic E-state index is 0.265. The molecule has 0 amide bonds. The van der Waals surface area contributed by atoms with Crippen molar-refractivity contribution >= 4 is 17.3 Å². The Labute approximate surface area is 121 Å². The molecule has 1 aromatic heterocycles. The predicted octanol–water partition coefficient (Wildman–Crippen LogP) is 1.67. The lowest BCUT2D eigenvalue weighted by Crippen LogP contribution is -2.22. The summed E-state index contributed by atoms with van der Waals surface area (Å²) in [5, 5.41) is 2.45. The zero-order valence-electron chi connectivity index (χ0n) is 12.0. The van der Waals surface area contributed by atoms with Gasteiger partial charge in [0.25, 0.3) is 0 Å². The Morgan fingerprint density at radius 2 is 2.05 bits per heavy atom. The fourth-order valence-corrected chi connectivity index (χ4v) is 2.07. The molecule has 0 saturated heterocycles. The summed E-state index contributed by atoms with van der Waals surface area (Å²) in [6, 6.07) is 0. The second-order valence-corrected chi connectivity index (χ2v) is 6.27. The first-order valence-electron chi connectivity index (χ1n) is 6.47. The highest BCUT2D eigenvalue weighted by Crippen LogP contribution is 2.07. The van der Waals surface area contributed by atoms with Crippen molar-refractivity contribution in [2.24, 2.45) is 0 Å². The number of hydrogen-bond donors (Lipinski definition) is 1. The summed E-state index contributed by atoms with van der Waals surface area (Å²) in [6.07, 6.45) is 5.48. The lowest BCUT2D eigenvalue weighted by molar-refractivity contribution is -0.148. The third-order valence-corrected chi connectivity index (χ3v) is 2.96. The molecule has 1 heterocycles. The van der Waals surface area contributed by atoms with E-state index in [1.165, 1.54) is 10.8 Å². The van der Waals surface area contributed by atoms with Crippen molar-refractivity contribution in [3.63, 3.8) is 0 Å². The number of nitrogens with one attached hydrogen (secondary N) is 1. The summed E-state index contributed by atoms with van der Waals surface area (Å²) in [6.45, 7) is 5.94. The van der Waals surface area contributed by atoms with Gasteiger partial charge in [0.15, 0.2) is 0 Å². The van der Waals surface area contributed by atoms with E-state index < -0.39 is 5.60 Å². The topological polar surface area (TPSA) is 81.2 Å². The highest BCUT2D eigenvalue weighted by Gasteiger charge is 2.13. The number of H-pyrrole nitrogens is 1. The van der Waals surface area contributed by atoms with Gasteiger partial charge in [-0.3, -0.25) is 14.7 Å². The number of aromatic amines is 1. The third kappa shape index (κ3) is 6.51. The van der Waals surface area contributed by atoms with Crippen molar-refractivity contribution in [2.45, 2.75) is 52.2 Å². The van der Waals surface area contributed by atoms with Gasteiger partial charge in [-0.1, -0.05) is 6.08 Å². The second kappa shape index (κ2) is 7.23. The molecule has 20 heavy (non-hydrogen) atoms. The van der Waals surface area contributed by atoms with Crippen LogP contribution >= 0.6 is 11.3 Å². The molecule has 0 bridgehead atoms. The van der Waals surface area contributed by atoms with Crippen molar-refractivity contribution in [1.29, 1.82) is 0 Å². The predicted molar refractivity (Wildman–Crippen MR) is 78.0 cm³/mol. The fraction of sp³-hybridized carbons (Fsp3) is 0.615. The molecule has 112 valence electrons. The van der Waals surface area contributed by atoms with Crippen LogP contribution in [0.1, 0.15) is 40.0 Å². The van der Waals surface area contributed by atoms with Crippen LogP contribution in [-0.4, -0.2) is 21.4 Å². The zero-order valence-corrected chi connectivity index (χ0v) is 12.8. The minimum atomic E-state index is -0.479. The zero-order chi connectivity index (χ0) is 15.2. The van der Waals surface area contributed by atoms with Gasteiger partial charge in [0.05, 0.1) is 0 Å². The molecule has 0 unspecified atom stereocenters. The average Bonchev–Trinajstić information content (AvgIpc) is 2.60. The van der Waals surface area contributed by atoms with Crippen molar-refractivity contribution in [2.75, 3.05) is 0 Å². The van der Waals surface area contributed by atoms with E-state index in [4.69, 9.17) is 4.74 Å². The number of rotatable bonds is 6. The van der Waals surface area contributed by atoms with Crippen LogP contribution in [0.15, 0.2) is 21.7 Å². The van der Waals surface area contributed by atoms with Gasteiger partial charge in [-0.2, -0.15) is 0 Å². The monoisotopic (exact) mass is 300 g/mol. The van der Waals surface area contributed by atoms with Crippen LogP contribution in [0, 0.1) is 0 Å². The molecule has 0 aromatic carbocycles. The Bertz CT molecular complexity index is 574. The summed E-state index contributed by atoms with van der Waals surface area (Å²) in [4.78, 5) is 32.9. The molecule has 0 aliphatic carbocycles. The molecule has 0 radical (unpaired) electrons. The smallest absolute Gasteiger partial charge is 0.330 e. The quantitative estimate of drug-likeness (QED) is 0.492. The van der Waals surface area contributed by atoms with Crippen molar-refractivity contribution in [1.82, 2.24) is 9.78 Å². The lowest BCUT2D eigenvalue weighted by Gasteiger charge is -2.17. The number of aromatic nitrogens is 2. The molecule has 7 heteroatoms. The summed E-state index contributed by atoms with van der Waals surface area (Å²) < 4.78 is 6.43. The maximum atomic E-state index is 11.4. The lowest BCUT2D eigenvalue weighted by atomic mass is 10.2. The molecular formula is C13H20N2O4S.